The van der Waals surface area contributed by atoms with Crippen LogP contribution in [0.1, 0.15) is 0 Å². The summed E-state index contributed by atoms with van der Waals surface area (Å²) in [6.07, 6.45) is 11.2. The van der Waals surface area contributed by atoms with E-state index in [1.165, 1.54) is 54.7 Å². The van der Waals surface area contributed by atoms with Crippen molar-refractivity contribution in [3.8, 4) is 58.4 Å². The third-order valence-electron chi connectivity index (χ3n) is 10.1. The molecule has 0 saturated heterocycles. The van der Waals surface area contributed by atoms with Crippen LogP contribution in [-0.4, -0.2) is 22.3 Å². The molecule has 0 fully saturated rings. The maximum atomic E-state index is 6.07. The Morgan fingerprint density at radius 2 is 0.820 bits per heavy atom. The first-order valence-electron chi connectivity index (χ1n) is 16.7. The number of para-hydroxylation sites is 2. The highest BCUT2D eigenvalue weighted by Crippen LogP contribution is 2.52. The summed E-state index contributed by atoms with van der Waals surface area (Å²) in [6.45, 7) is 0.416. The van der Waals surface area contributed by atoms with Gasteiger partial charge in [-0.2, -0.15) is 0 Å². The van der Waals surface area contributed by atoms with Gasteiger partial charge in [-0.3, -0.25) is 0 Å². The van der Waals surface area contributed by atoms with Crippen LogP contribution in [0.5, 0.6) is 11.5 Å². The normalized spacial score (nSPS) is 11.5. The molecule has 0 N–H and O–H groups in total. The minimum absolute atomic E-state index is 0.208. The van der Waals surface area contributed by atoms with Gasteiger partial charge in [-0.05, 0) is 58.3 Å². The predicted octanol–water partition coefficient (Wildman–Crippen LogP) is 10.6. The molecule has 0 aliphatic heterocycles. The molecule has 0 saturated carbocycles. The molecule has 0 spiro atoms. The summed E-state index contributed by atoms with van der Waals surface area (Å²) in [7, 11) is 4.38. The van der Waals surface area contributed by atoms with Gasteiger partial charge in [-0.25, -0.2) is 0 Å². The summed E-state index contributed by atoms with van der Waals surface area (Å²) >= 11 is 0. The van der Waals surface area contributed by atoms with Gasteiger partial charge < -0.3 is 18.6 Å². The summed E-state index contributed by atoms with van der Waals surface area (Å²) in [5.41, 5.74) is 9.33. The molecular weight excluding hydrogens is 613 g/mol. The average molecular weight is 645 g/mol. The third-order valence-corrected chi connectivity index (χ3v) is 10.1. The van der Waals surface area contributed by atoms with Crippen LogP contribution in [0, 0.1) is 24.7 Å². The fourth-order valence-electron chi connectivity index (χ4n) is 8.11. The molecule has 4 nitrogen and oxygen atoms in total. The van der Waals surface area contributed by atoms with E-state index >= 15 is 0 Å². The zero-order valence-corrected chi connectivity index (χ0v) is 27.8. The quantitative estimate of drug-likeness (QED) is 0.169. The van der Waals surface area contributed by atoms with Gasteiger partial charge in [0.05, 0.1) is 11.0 Å². The lowest BCUT2D eigenvalue weighted by Gasteiger charge is -2.19. The van der Waals surface area contributed by atoms with Gasteiger partial charge in [-0.15, -0.1) is 12.8 Å². The maximum Gasteiger partial charge on any atom is 0.148 e. The van der Waals surface area contributed by atoms with Gasteiger partial charge in [0.25, 0.3) is 0 Å². The first-order chi connectivity index (χ1) is 24.6. The van der Waals surface area contributed by atoms with Crippen molar-refractivity contribution in [2.24, 2.45) is 14.1 Å². The lowest BCUT2D eigenvalue weighted by Crippen LogP contribution is -1.99. The molecule has 0 unspecified atom stereocenters. The standard InChI is InChI=1S/C46H32N2O2/c1-5-27-49-39-25-23-33(29-15-7-9-17-31(29)39)41-43-35-19-11-13-21-37(35)48(4)46(43)42(44-36-20-12-14-22-38(36)47(3)45(41)44)34-24-26-40(50-28-6-2)32-18-10-8-16-30(32)34/h1-2,7-26H,27-28H2,3-4H3. The van der Waals surface area contributed by atoms with Crippen molar-refractivity contribution < 1.29 is 9.47 Å². The maximum absolute atomic E-state index is 6.07. The summed E-state index contributed by atoms with van der Waals surface area (Å²) < 4.78 is 16.9. The molecule has 238 valence electrons. The van der Waals surface area contributed by atoms with Gasteiger partial charge >= 0.3 is 0 Å². The van der Waals surface area contributed by atoms with Crippen molar-refractivity contribution in [3.63, 3.8) is 0 Å². The number of hydrogen-bond donors (Lipinski definition) is 0. The lowest BCUT2D eigenvalue weighted by atomic mass is 9.86. The Balaban J connectivity index is 1.54. The Labute approximate surface area is 290 Å². The topological polar surface area (TPSA) is 28.3 Å². The summed E-state index contributed by atoms with van der Waals surface area (Å²) in [5, 5.41) is 9.07. The van der Waals surface area contributed by atoms with E-state index in [0.717, 1.165) is 44.2 Å². The molecular formula is C46H32N2O2. The largest absolute Gasteiger partial charge is 0.480 e. The van der Waals surface area contributed by atoms with Gasteiger partial charge in [0, 0.05) is 68.6 Å². The number of aromatic nitrogens is 2. The van der Waals surface area contributed by atoms with Crippen LogP contribution in [0.4, 0.5) is 0 Å². The van der Waals surface area contributed by atoms with Crippen molar-refractivity contribution >= 4 is 65.2 Å². The van der Waals surface area contributed by atoms with Crippen LogP contribution in [0.3, 0.4) is 0 Å². The highest BCUT2D eigenvalue weighted by Gasteiger charge is 2.28. The molecule has 9 aromatic rings. The molecule has 4 heteroatoms. The zero-order valence-electron chi connectivity index (χ0n) is 27.8. The Hall–Kier alpha value is -6.62. The molecule has 0 aliphatic rings. The molecule has 50 heavy (non-hydrogen) atoms. The second-order valence-electron chi connectivity index (χ2n) is 12.6. The fourth-order valence-corrected chi connectivity index (χ4v) is 8.11. The molecule has 0 atom stereocenters. The van der Waals surface area contributed by atoms with Gasteiger partial charge in [0.2, 0.25) is 0 Å². The van der Waals surface area contributed by atoms with E-state index in [-0.39, 0.29) is 13.2 Å². The SMILES string of the molecule is C#CCOc1ccc(-c2c3c4ccccc4n(C)c3c(-c3ccc(OCC#C)c4ccccc34)c3c4ccccc4n(C)c23)c2ccccc12. The molecule has 0 aliphatic carbocycles. The number of benzene rings is 7. The van der Waals surface area contributed by atoms with Crippen molar-refractivity contribution in [2.45, 2.75) is 0 Å². The number of aryl methyl sites for hydroxylation is 2. The number of hydrogen-bond acceptors (Lipinski definition) is 2. The second-order valence-corrected chi connectivity index (χ2v) is 12.6. The van der Waals surface area contributed by atoms with Crippen LogP contribution in [0.2, 0.25) is 0 Å². The molecule has 2 heterocycles. The Bertz CT molecular complexity index is 2730. The van der Waals surface area contributed by atoms with Crippen LogP contribution in [0.15, 0.2) is 121 Å². The van der Waals surface area contributed by atoms with Crippen LogP contribution in [0.25, 0.3) is 87.4 Å². The van der Waals surface area contributed by atoms with Crippen LogP contribution < -0.4 is 9.47 Å². The van der Waals surface area contributed by atoms with Crippen molar-refractivity contribution in [1.29, 1.82) is 0 Å². The summed E-state index contributed by atoms with van der Waals surface area (Å²) in [5.74, 6) is 6.80. The van der Waals surface area contributed by atoms with Crippen LogP contribution >= 0.6 is 0 Å². The smallest absolute Gasteiger partial charge is 0.148 e. The van der Waals surface area contributed by atoms with E-state index < -0.39 is 0 Å². The van der Waals surface area contributed by atoms with Crippen molar-refractivity contribution in [3.05, 3.63) is 121 Å². The molecule has 0 amide bonds. The minimum atomic E-state index is 0.208. The van der Waals surface area contributed by atoms with Crippen molar-refractivity contribution in [2.75, 3.05) is 13.2 Å². The van der Waals surface area contributed by atoms with Gasteiger partial charge in [-0.1, -0.05) is 96.8 Å². The summed E-state index contributed by atoms with van der Waals surface area (Å²) in [4.78, 5) is 0. The Kier molecular flexibility index (Phi) is 6.80. The molecule has 9 rings (SSSR count). The average Bonchev–Trinajstić information content (AvgIpc) is 3.63. The molecule has 0 bridgehead atoms. The van der Waals surface area contributed by atoms with E-state index in [4.69, 9.17) is 22.3 Å². The van der Waals surface area contributed by atoms with E-state index in [0.29, 0.717) is 0 Å². The highest BCUT2D eigenvalue weighted by molar-refractivity contribution is 6.34. The summed E-state index contributed by atoms with van der Waals surface area (Å²) in [6, 6.07) is 42.9. The van der Waals surface area contributed by atoms with E-state index in [1.807, 2.05) is 0 Å². The Morgan fingerprint density at radius 3 is 1.22 bits per heavy atom. The number of terminal acetylenes is 2. The predicted molar refractivity (Wildman–Crippen MR) is 209 cm³/mol. The lowest BCUT2D eigenvalue weighted by molar-refractivity contribution is 0.375. The molecule has 2 aromatic heterocycles. The molecule has 0 radical (unpaired) electrons. The number of fused-ring (bicyclic) bond motifs is 8. The monoisotopic (exact) mass is 644 g/mol. The van der Waals surface area contributed by atoms with Gasteiger partial charge in [0.15, 0.2) is 0 Å². The third kappa shape index (κ3) is 4.16. The zero-order chi connectivity index (χ0) is 33.9. The number of rotatable bonds is 6. The number of ether oxygens (including phenoxy) is 2. The number of nitrogens with zero attached hydrogens (tertiary/aromatic N) is 2. The van der Waals surface area contributed by atoms with E-state index in [9.17, 15) is 0 Å². The van der Waals surface area contributed by atoms with E-state index in [1.54, 1.807) is 0 Å². The second kappa shape index (κ2) is 11.5. The minimum Gasteiger partial charge on any atom is -0.480 e. The van der Waals surface area contributed by atoms with Crippen molar-refractivity contribution in [1.82, 2.24) is 9.13 Å². The first-order valence-corrected chi connectivity index (χ1v) is 16.7. The highest BCUT2D eigenvalue weighted by atomic mass is 16.5. The first kappa shape index (κ1) is 29.5. The fraction of sp³-hybridized carbons (Fsp3) is 0.0870. The van der Waals surface area contributed by atoms with Gasteiger partial charge in [0.1, 0.15) is 24.7 Å². The van der Waals surface area contributed by atoms with E-state index in [2.05, 4.69) is 156 Å². The molecule has 7 aromatic carbocycles. The Morgan fingerprint density at radius 1 is 0.460 bits per heavy atom. The van der Waals surface area contributed by atoms with Crippen LogP contribution in [-0.2, 0) is 14.1 Å².